The van der Waals surface area contributed by atoms with Gasteiger partial charge in [0.1, 0.15) is 5.76 Å². The van der Waals surface area contributed by atoms with Gasteiger partial charge in [0.2, 0.25) is 0 Å². The second kappa shape index (κ2) is 6.73. The monoisotopic (exact) mass is 439 g/mol. The van der Waals surface area contributed by atoms with Crippen LogP contribution < -0.4 is 11.2 Å². The Morgan fingerprint density at radius 3 is 2.42 bits per heavy atom. The van der Waals surface area contributed by atoms with E-state index in [2.05, 4.69) is 18.4 Å². The second-order valence-corrected chi connectivity index (χ2v) is 8.96. The summed E-state index contributed by atoms with van der Waals surface area (Å²) in [5, 5.41) is 1.08. The zero-order valence-electron chi connectivity index (χ0n) is 17.7. The number of ether oxygens (including phenoxy) is 1. The number of furan rings is 1. The Morgan fingerprint density at radius 1 is 1.06 bits per heavy atom. The molecule has 31 heavy (non-hydrogen) atoms. The van der Waals surface area contributed by atoms with Crippen LogP contribution in [0.15, 0.2) is 56.7 Å². The van der Waals surface area contributed by atoms with Crippen LogP contribution in [0.5, 0.6) is 0 Å². The van der Waals surface area contributed by atoms with Crippen LogP contribution in [0.25, 0.3) is 22.2 Å². The van der Waals surface area contributed by atoms with Crippen molar-refractivity contribution in [2.24, 2.45) is 14.1 Å². The summed E-state index contributed by atoms with van der Waals surface area (Å²) < 4.78 is 16.7. The summed E-state index contributed by atoms with van der Waals surface area (Å²) in [6, 6.07) is 11.0. The molecule has 4 heterocycles. The fourth-order valence-corrected chi connectivity index (χ4v) is 4.66. The number of hydrogen-bond donors (Lipinski definition) is 0. The number of rotatable bonds is 2. The Morgan fingerprint density at radius 2 is 1.77 bits per heavy atom. The lowest BCUT2D eigenvalue weighted by Crippen LogP contribution is -2.40. The summed E-state index contributed by atoms with van der Waals surface area (Å²) in [7, 11) is 3.18. The fraction of sp³-hybridized carbons (Fsp3) is 0.304. The average Bonchev–Trinajstić information content (AvgIpc) is 3.39. The smallest absolute Gasteiger partial charge is 0.331 e. The van der Waals surface area contributed by atoms with E-state index in [4.69, 9.17) is 20.8 Å². The van der Waals surface area contributed by atoms with Gasteiger partial charge >= 0.3 is 5.69 Å². The highest BCUT2D eigenvalue weighted by atomic mass is 35.5. The van der Waals surface area contributed by atoms with Crippen LogP contribution in [0.2, 0.25) is 5.02 Å². The van der Waals surface area contributed by atoms with Crippen LogP contribution in [0.1, 0.15) is 31.4 Å². The molecule has 0 aliphatic carbocycles. The number of aryl methyl sites for hydroxylation is 1. The molecule has 0 saturated heterocycles. The molecule has 0 saturated carbocycles. The minimum absolute atomic E-state index is 0.348. The first kappa shape index (κ1) is 19.9. The molecule has 0 spiro atoms. The molecule has 1 aliphatic rings. The van der Waals surface area contributed by atoms with Gasteiger partial charge in [-0.1, -0.05) is 23.7 Å². The zero-order valence-corrected chi connectivity index (χ0v) is 18.4. The van der Waals surface area contributed by atoms with Gasteiger partial charge in [0, 0.05) is 19.1 Å². The Kier molecular flexibility index (Phi) is 4.32. The Balaban J connectivity index is 2.03. The number of fused-ring (bicyclic) bond motifs is 3. The van der Waals surface area contributed by atoms with Gasteiger partial charge in [-0.2, -0.15) is 0 Å². The van der Waals surface area contributed by atoms with Crippen LogP contribution in [0.4, 0.5) is 0 Å². The predicted octanol–water partition coefficient (Wildman–Crippen LogP) is 3.81. The lowest BCUT2D eigenvalue weighted by Gasteiger charge is -2.38. The van der Waals surface area contributed by atoms with Crippen molar-refractivity contribution in [3.63, 3.8) is 0 Å². The first-order valence-electron chi connectivity index (χ1n) is 9.98. The largest absolute Gasteiger partial charge is 0.466 e. The molecule has 0 fully saturated rings. The molecule has 1 aliphatic heterocycles. The van der Waals surface area contributed by atoms with Crippen LogP contribution in [0, 0.1) is 0 Å². The molecular formula is C23H22ClN3O4. The average molecular weight is 440 g/mol. The highest BCUT2D eigenvalue weighted by Crippen LogP contribution is 2.45. The minimum atomic E-state index is -0.552. The molecule has 1 unspecified atom stereocenters. The zero-order chi connectivity index (χ0) is 22.1. The highest BCUT2D eigenvalue weighted by Gasteiger charge is 2.41. The van der Waals surface area contributed by atoms with Gasteiger partial charge in [-0.25, -0.2) is 4.79 Å². The third-order valence-electron chi connectivity index (χ3n) is 5.98. The lowest BCUT2D eigenvalue weighted by molar-refractivity contribution is -0.0164. The second-order valence-electron chi connectivity index (χ2n) is 8.52. The molecule has 3 aromatic heterocycles. The molecule has 1 atom stereocenters. The van der Waals surface area contributed by atoms with E-state index in [1.54, 1.807) is 31.5 Å². The maximum absolute atomic E-state index is 13.4. The van der Waals surface area contributed by atoms with Gasteiger partial charge in [-0.3, -0.25) is 13.9 Å². The Labute approximate surface area is 183 Å². The third-order valence-corrected chi connectivity index (χ3v) is 6.24. The van der Waals surface area contributed by atoms with Gasteiger partial charge in [-0.05, 0) is 43.7 Å². The molecule has 4 aromatic rings. The third kappa shape index (κ3) is 2.77. The summed E-state index contributed by atoms with van der Waals surface area (Å²) in [4.78, 5) is 26.3. The quantitative estimate of drug-likeness (QED) is 0.476. The summed E-state index contributed by atoms with van der Waals surface area (Å²) in [6.07, 6.45) is 1.04. The predicted molar refractivity (Wildman–Crippen MR) is 119 cm³/mol. The van der Waals surface area contributed by atoms with E-state index in [-0.39, 0.29) is 5.56 Å². The van der Waals surface area contributed by atoms with Crippen molar-refractivity contribution >= 4 is 22.5 Å². The summed E-state index contributed by atoms with van der Waals surface area (Å²) in [5.74, 6) is 0.618. The van der Waals surface area contributed by atoms with E-state index in [0.717, 1.165) is 21.5 Å². The van der Waals surface area contributed by atoms with E-state index < -0.39 is 17.3 Å². The molecule has 7 nitrogen and oxygen atoms in total. The molecule has 0 amide bonds. The number of benzene rings is 1. The Bertz CT molecular complexity index is 1420. The first-order valence-corrected chi connectivity index (χ1v) is 10.4. The van der Waals surface area contributed by atoms with E-state index in [0.29, 0.717) is 28.3 Å². The van der Waals surface area contributed by atoms with Crippen molar-refractivity contribution in [3.05, 3.63) is 80.0 Å². The van der Waals surface area contributed by atoms with E-state index in [1.165, 1.54) is 11.6 Å². The van der Waals surface area contributed by atoms with E-state index in [1.807, 2.05) is 18.2 Å². The molecule has 160 valence electrons. The van der Waals surface area contributed by atoms with Crippen LogP contribution in [0.3, 0.4) is 0 Å². The van der Waals surface area contributed by atoms with Crippen LogP contribution in [-0.4, -0.2) is 20.3 Å². The molecule has 1 aromatic carbocycles. The minimum Gasteiger partial charge on any atom is -0.466 e. The van der Waals surface area contributed by atoms with Gasteiger partial charge in [0.15, 0.2) is 6.10 Å². The van der Waals surface area contributed by atoms with Gasteiger partial charge < -0.3 is 13.7 Å². The van der Waals surface area contributed by atoms with Gasteiger partial charge in [0.05, 0.1) is 40.7 Å². The van der Waals surface area contributed by atoms with E-state index in [9.17, 15) is 9.59 Å². The standard InChI is InChI=1S/C23H22ClN3O4/c1-23(2)12-31-20(15-6-5-11-30-15)19-18-16(21(28)26(4)22(29)25(18)3)17(27(19)23)13-7-9-14(24)10-8-13/h5-11,20H,12H2,1-4H3. The van der Waals surface area contributed by atoms with Crippen molar-refractivity contribution in [2.75, 3.05) is 6.61 Å². The SMILES string of the molecule is Cn1c(=O)c2c(-c3ccc(Cl)cc3)n3c(c2n(C)c1=O)C(c1ccco1)OCC3(C)C. The summed E-state index contributed by atoms with van der Waals surface area (Å²) in [5.41, 5.74) is 1.63. The summed E-state index contributed by atoms with van der Waals surface area (Å²) in [6.45, 7) is 4.51. The molecule has 8 heteroatoms. The number of hydrogen-bond acceptors (Lipinski definition) is 4. The number of aromatic nitrogens is 3. The Hall–Kier alpha value is -3.03. The van der Waals surface area contributed by atoms with Crippen molar-refractivity contribution in [1.29, 1.82) is 0 Å². The van der Waals surface area contributed by atoms with E-state index >= 15 is 0 Å². The van der Waals surface area contributed by atoms with Crippen molar-refractivity contribution in [1.82, 2.24) is 13.7 Å². The van der Waals surface area contributed by atoms with Crippen LogP contribution in [-0.2, 0) is 24.4 Å². The number of nitrogens with zero attached hydrogens (tertiary/aromatic N) is 3. The fourth-order valence-electron chi connectivity index (χ4n) is 4.54. The van der Waals surface area contributed by atoms with Crippen LogP contribution >= 0.6 is 11.6 Å². The molecule has 0 N–H and O–H groups in total. The first-order chi connectivity index (χ1) is 14.7. The van der Waals surface area contributed by atoms with Crippen molar-refractivity contribution in [2.45, 2.75) is 25.5 Å². The highest BCUT2D eigenvalue weighted by molar-refractivity contribution is 6.30. The molecule has 0 radical (unpaired) electrons. The normalized spacial score (nSPS) is 17.8. The van der Waals surface area contributed by atoms with Gasteiger partial charge in [-0.15, -0.1) is 0 Å². The maximum Gasteiger partial charge on any atom is 0.331 e. The van der Waals surface area contributed by atoms with Gasteiger partial charge in [0.25, 0.3) is 5.56 Å². The number of halogens is 1. The maximum atomic E-state index is 13.4. The molecule has 5 rings (SSSR count). The van der Waals surface area contributed by atoms with Crippen molar-refractivity contribution in [3.8, 4) is 11.3 Å². The summed E-state index contributed by atoms with van der Waals surface area (Å²) >= 11 is 6.13. The molecular weight excluding hydrogens is 418 g/mol. The molecule has 0 bridgehead atoms. The topological polar surface area (TPSA) is 71.3 Å². The lowest BCUT2D eigenvalue weighted by atomic mass is 10.0. The van der Waals surface area contributed by atoms with Crippen molar-refractivity contribution < 1.29 is 9.15 Å².